The zero-order valence-electron chi connectivity index (χ0n) is 66.8. The van der Waals surface area contributed by atoms with E-state index in [4.69, 9.17) is 37.0 Å². The number of aliphatic hydroxyl groups is 1. The highest BCUT2D eigenvalue weighted by atomic mass is 31.2. The van der Waals surface area contributed by atoms with Crippen molar-refractivity contribution >= 4 is 39.5 Å². The van der Waals surface area contributed by atoms with Crippen molar-refractivity contribution in [2.75, 3.05) is 39.6 Å². The molecule has 0 aliphatic heterocycles. The fourth-order valence-corrected chi connectivity index (χ4v) is 12.6. The van der Waals surface area contributed by atoms with Crippen molar-refractivity contribution in [3.05, 3.63) is 122 Å². The first-order valence-electron chi connectivity index (χ1n) is 41.8. The number of phosphoric ester groups is 2. The van der Waals surface area contributed by atoms with Gasteiger partial charge in [0.2, 0.25) is 0 Å². The van der Waals surface area contributed by atoms with Crippen LogP contribution in [0, 0.1) is 0 Å². The number of rotatable bonds is 78. The predicted octanol–water partition coefficient (Wildman–Crippen LogP) is 24.7. The maximum absolute atomic E-state index is 13.1. The zero-order valence-corrected chi connectivity index (χ0v) is 68.6. The summed E-state index contributed by atoms with van der Waals surface area (Å²) in [6.45, 7) is 4.70. The van der Waals surface area contributed by atoms with Crippen LogP contribution in [0.15, 0.2) is 122 Å². The molecule has 0 heterocycles. The summed E-state index contributed by atoms with van der Waals surface area (Å²) in [5.41, 5.74) is 0. The van der Waals surface area contributed by atoms with Crippen molar-refractivity contribution < 1.29 is 80.2 Å². The topological polar surface area (TPSA) is 237 Å². The first-order valence-corrected chi connectivity index (χ1v) is 44.8. The van der Waals surface area contributed by atoms with E-state index < -0.39 is 97.5 Å². The van der Waals surface area contributed by atoms with Gasteiger partial charge in [-0.3, -0.25) is 37.3 Å². The first kappa shape index (κ1) is 101. The van der Waals surface area contributed by atoms with E-state index in [1.54, 1.807) is 0 Å². The molecule has 0 aliphatic rings. The van der Waals surface area contributed by atoms with Crippen LogP contribution in [0.3, 0.4) is 0 Å². The lowest BCUT2D eigenvalue weighted by atomic mass is 10.0. The highest BCUT2D eigenvalue weighted by Gasteiger charge is 2.30. The smallest absolute Gasteiger partial charge is 0.462 e. The van der Waals surface area contributed by atoms with E-state index in [0.29, 0.717) is 38.5 Å². The van der Waals surface area contributed by atoms with Crippen LogP contribution in [0.25, 0.3) is 0 Å². The molecule has 3 N–H and O–H groups in total. The molecule has 0 spiro atoms. The second-order valence-electron chi connectivity index (χ2n) is 27.7. The van der Waals surface area contributed by atoms with Gasteiger partial charge >= 0.3 is 39.5 Å². The summed E-state index contributed by atoms with van der Waals surface area (Å²) in [5, 5.41) is 10.7. The molecule has 0 bridgehead atoms. The number of unbranched alkanes of at least 4 members (excludes halogenated alkanes) is 32. The van der Waals surface area contributed by atoms with Crippen molar-refractivity contribution in [2.45, 2.75) is 367 Å². The lowest BCUT2D eigenvalue weighted by Gasteiger charge is -2.21. The van der Waals surface area contributed by atoms with Gasteiger partial charge in [0.1, 0.15) is 19.3 Å². The second-order valence-corrected chi connectivity index (χ2v) is 30.6. The Labute approximate surface area is 644 Å². The van der Waals surface area contributed by atoms with E-state index in [2.05, 4.69) is 125 Å². The molecule has 0 aromatic rings. The quantitative estimate of drug-likeness (QED) is 0.0169. The number of ether oxygens (including phenoxy) is 4. The van der Waals surface area contributed by atoms with Crippen LogP contribution in [0.1, 0.15) is 349 Å². The normalized spacial score (nSPS) is 14.4. The summed E-state index contributed by atoms with van der Waals surface area (Å²) < 4.78 is 68.5. The fourth-order valence-electron chi connectivity index (χ4n) is 11.1. The van der Waals surface area contributed by atoms with Gasteiger partial charge in [-0.1, -0.05) is 342 Å². The van der Waals surface area contributed by atoms with Crippen LogP contribution < -0.4 is 0 Å². The Morgan fingerprint density at radius 3 is 0.745 bits per heavy atom. The van der Waals surface area contributed by atoms with Gasteiger partial charge < -0.3 is 33.8 Å². The number of aliphatic hydroxyl groups excluding tert-OH is 1. The van der Waals surface area contributed by atoms with E-state index >= 15 is 0 Å². The van der Waals surface area contributed by atoms with E-state index in [9.17, 15) is 43.2 Å². The molecule has 0 aromatic heterocycles. The van der Waals surface area contributed by atoms with Crippen molar-refractivity contribution in [1.29, 1.82) is 0 Å². The van der Waals surface area contributed by atoms with E-state index in [1.807, 2.05) is 24.3 Å². The van der Waals surface area contributed by atoms with E-state index in [0.717, 1.165) is 103 Å². The highest BCUT2D eigenvalue weighted by Crippen LogP contribution is 2.45. The number of carbonyl (C=O) groups is 4. The van der Waals surface area contributed by atoms with Crippen molar-refractivity contribution in [3.8, 4) is 0 Å². The third-order valence-corrected chi connectivity index (χ3v) is 19.4. The number of allylic oxidation sites excluding steroid dienone is 20. The molecule has 0 radical (unpaired) electrons. The Bertz CT molecular complexity index is 2480. The summed E-state index contributed by atoms with van der Waals surface area (Å²) >= 11 is 0. The van der Waals surface area contributed by atoms with Gasteiger partial charge in [0.25, 0.3) is 0 Å². The number of esters is 4. The summed E-state index contributed by atoms with van der Waals surface area (Å²) in [5.74, 6) is -2.35. The minimum atomic E-state index is -5.00. The number of hydrogen-bond acceptors (Lipinski definition) is 15. The third kappa shape index (κ3) is 77.6. The van der Waals surface area contributed by atoms with E-state index in [-0.39, 0.29) is 25.7 Å². The highest BCUT2D eigenvalue weighted by molar-refractivity contribution is 7.47. The summed E-state index contributed by atoms with van der Waals surface area (Å²) in [7, 11) is -10.00. The lowest BCUT2D eigenvalue weighted by Crippen LogP contribution is -2.30. The molecule has 0 aromatic carbocycles. The number of phosphoric acid groups is 2. The minimum Gasteiger partial charge on any atom is -0.462 e. The van der Waals surface area contributed by atoms with Gasteiger partial charge in [-0.2, -0.15) is 0 Å². The molecule has 5 atom stereocenters. The molecule has 2 unspecified atom stereocenters. The molecule has 0 saturated carbocycles. The molecule has 0 aliphatic carbocycles. The average Bonchev–Trinajstić information content (AvgIpc) is 0.901. The Balaban J connectivity index is 5.45. The van der Waals surface area contributed by atoms with Gasteiger partial charge in [-0.25, -0.2) is 9.13 Å². The van der Waals surface area contributed by atoms with Crippen LogP contribution in [-0.2, 0) is 65.4 Å². The molecule has 0 rings (SSSR count). The molecule has 610 valence electrons. The second kappa shape index (κ2) is 78.6. The molecule has 0 amide bonds. The largest absolute Gasteiger partial charge is 0.472 e. The molecular formula is C87H150O17P2. The van der Waals surface area contributed by atoms with Crippen LogP contribution in [-0.4, -0.2) is 96.7 Å². The monoisotopic (exact) mass is 1530 g/mol. The van der Waals surface area contributed by atoms with Crippen LogP contribution in [0.4, 0.5) is 0 Å². The minimum absolute atomic E-state index is 0.0373. The average molecular weight is 1530 g/mol. The Morgan fingerprint density at radius 2 is 0.481 bits per heavy atom. The van der Waals surface area contributed by atoms with Gasteiger partial charge in [-0.15, -0.1) is 0 Å². The fraction of sp³-hybridized carbons (Fsp3) is 0.724. The summed E-state index contributed by atoms with van der Waals surface area (Å²) in [4.78, 5) is 73.0. The Hall–Kier alpha value is -4.54. The van der Waals surface area contributed by atoms with Gasteiger partial charge in [-0.05, 0) is 103 Å². The maximum atomic E-state index is 13.1. The van der Waals surface area contributed by atoms with Crippen LogP contribution in [0.2, 0.25) is 0 Å². The van der Waals surface area contributed by atoms with Crippen molar-refractivity contribution in [2.24, 2.45) is 0 Å². The molecule has 0 saturated heterocycles. The maximum Gasteiger partial charge on any atom is 0.472 e. The molecule has 106 heavy (non-hydrogen) atoms. The Morgan fingerprint density at radius 1 is 0.264 bits per heavy atom. The third-order valence-electron chi connectivity index (χ3n) is 17.5. The number of carbonyl (C=O) groups excluding carboxylic acids is 4. The Kier molecular flexibility index (Phi) is 75.2. The predicted molar refractivity (Wildman–Crippen MR) is 436 cm³/mol. The first-order chi connectivity index (χ1) is 51.7. The SMILES string of the molecule is CCCCC/C=C\C/C=C\C/C=C\C/C=C\C/C=C\CCC(=O)OC[C@H](COP(=O)(O)OC[C@H](O)COP(=O)(O)OC[C@@H](COC(=O)CC/C=C\C/C=C\C/C=C\C/C=C\C/C=C\CCCCC)OC(=O)CCCCCCCCCCCCCCCCC)OC(=O)CCCCCCCCCCCCCCC. The summed E-state index contributed by atoms with van der Waals surface area (Å²) in [6, 6.07) is 0. The summed E-state index contributed by atoms with van der Waals surface area (Å²) in [6.07, 6.45) is 87.7. The van der Waals surface area contributed by atoms with Crippen molar-refractivity contribution in [3.63, 3.8) is 0 Å². The van der Waals surface area contributed by atoms with Crippen molar-refractivity contribution in [1.82, 2.24) is 0 Å². The standard InChI is InChI=1S/C87H150O17P2/c1-5-9-13-17-21-25-29-33-36-38-40-42-45-48-51-55-59-63-67-71-84(89)97-77-82(103-86(91)73-69-65-61-57-53-47-32-28-24-20-16-12-8-4)79-101-105(93,94)99-75-81(88)76-100-106(95,96)102-80-83(104-87(92)74-70-66-62-58-54-50-44-35-31-27-23-19-15-11-7-3)78-98-85(90)72-68-64-60-56-52-49-46-43-41-39-37-34-30-26-22-18-14-10-6-2/h21-22,25-26,33-34,36-37,40-43,48-49,51-52,59-60,63-64,81-83,88H,5-20,23-24,27-32,35,38-39,44-47,50,53-58,61-62,65-80H2,1-4H3,(H,93,94)(H,95,96)/b25-21-,26-22-,36-33-,37-34-,42-40-,43-41-,51-48-,52-49-,63-59-,64-60-/t81-,82+,83+/m0/s1. The number of hydrogen-bond donors (Lipinski definition) is 3. The molecular weight excluding hydrogens is 1380 g/mol. The van der Waals surface area contributed by atoms with Crippen LogP contribution >= 0.6 is 15.6 Å². The van der Waals surface area contributed by atoms with Gasteiger partial charge in [0.15, 0.2) is 12.2 Å². The molecule has 19 heteroatoms. The van der Waals surface area contributed by atoms with Crippen LogP contribution in [0.5, 0.6) is 0 Å². The van der Waals surface area contributed by atoms with Gasteiger partial charge in [0.05, 0.1) is 26.4 Å². The zero-order chi connectivity index (χ0) is 77.4. The molecule has 0 fully saturated rings. The lowest BCUT2D eigenvalue weighted by molar-refractivity contribution is -0.161. The van der Waals surface area contributed by atoms with Gasteiger partial charge in [0, 0.05) is 25.7 Å². The van der Waals surface area contributed by atoms with E-state index in [1.165, 1.54) is 154 Å². The molecule has 17 nitrogen and oxygen atoms in total.